The maximum Gasteiger partial charge on any atom is 0.259 e. The van der Waals surface area contributed by atoms with Crippen LogP contribution in [0.2, 0.25) is 0 Å². The first-order valence-corrected chi connectivity index (χ1v) is 8.78. The molecule has 2 aromatic heterocycles. The second kappa shape index (κ2) is 7.06. The number of ether oxygens (including phenoxy) is 1. The van der Waals surface area contributed by atoms with Crippen molar-refractivity contribution in [2.24, 2.45) is 0 Å². The van der Waals surface area contributed by atoms with Gasteiger partial charge in [-0.15, -0.1) is 0 Å². The molecule has 0 aliphatic carbocycles. The van der Waals surface area contributed by atoms with E-state index in [1.807, 2.05) is 25.1 Å². The van der Waals surface area contributed by atoms with Crippen LogP contribution in [0.3, 0.4) is 0 Å². The number of anilines is 1. The topological polar surface area (TPSA) is 91.4 Å². The Balaban J connectivity index is 1.51. The van der Waals surface area contributed by atoms with E-state index in [0.717, 1.165) is 16.6 Å². The van der Waals surface area contributed by atoms with Crippen molar-refractivity contribution >= 4 is 28.4 Å². The van der Waals surface area contributed by atoms with E-state index in [0.29, 0.717) is 31.1 Å². The van der Waals surface area contributed by atoms with E-state index in [1.165, 1.54) is 4.90 Å². The monoisotopic (exact) mass is 365 g/mol. The number of aromatic amines is 1. The number of hydrogen-bond donors (Lipinski definition) is 1. The van der Waals surface area contributed by atoms with Gasteiger partial charge in [0.1, 0.15) is 12.1 Å². The van der Waals surface area contributed by atoms with Crippen LogP contribution < -0.4 is 9.64 Å². The zero-order chi connectivity index (χ0) is 18.8. The number of pyridine rings is 1. The van der Waals surface area contributed by atoms with Crippen LogP contribution >= 0.6 is 0 Å². The lowest BCUT2D eigenvalue weighted by Gasteiger charge is -2.34. The number of H-pyrrole nitrogens is 1. The fraction of sp³-hybridized carbons (Fsp3) is 0.263. The molecule has 8 heteroatoms. The first kappa shape index (κ1) is 17.0. The first-order chi connectivity index (χ1) is 13.2. The molecule has 0 radical (unpaired) electrons. The molecule has 1 aliphatic rings. The summed E-state index contributed by atoms with van der Waals surface area (Å²) >= 11 is 0. The van der Waals surface area contributed by atoms with E-state index in [9.17, 15) is 9.59 Å². The molecule has 1 aliphatic heterocycles. The maximum atomic E-state index is 12.8. The van der Waals surface area contributed by atoms with Crippen molar-refractivity contribution in [3.8, 4) is 5.88 Å². The van der Waals surface area contributed by atoms with E-state index < -0.39 is 0 Å². The number of carbonyl (C=O) groups excluding carboxylic acids is 2. The predicted molar refractivity (Wildman–Crippen MR) is 99.8 cm³/mol. The third kappa shape index (κ3) is 3.21. The minimum Gasteiger partial charge on any atom is -0.477 e. The Hall–Kier alpha value is -3.42. The van der Waals surface area contributed by atoms with Crippen LogP contribution in [-0.4, -0.2) is 58.1 Å². The molecule has 1 N–H and O–H groups in total. The molecular weight excluding hydrogens is 346 g/mol. The van der Waals surface area contributed by atoms with Crippen LogP contribution in [0.1, 0.15) is 17.3 Å². The molecule has 3 heterocycles. The molecule has 0 unspecified atom stereocenters. The summed E-state index contributed by atoms with van der Waals surface area (Å²) < 4.78 is 5.44. The highest BCUT2D eigenvalue weighted by Crippen LogP contribution is 2.24. The number of benzene rings is 1. The number of rotatable bonds is 4. The van der Waals surface area contributed by atoms with Crippen LogP contribution in [0.5, 0.6) is 5.88 Å². The van der Waals surface area contributed by atoms with Gasteiger partial charge in [0.15, 0.2) is 0 Å². The Kier molecular flexibility index (Phi) is 4.45. The molecule has 8 nitrogen and oxygen atoms in total. The minimum atomic E-state index is -0.246. The normalized spacial score (nSPS) is 14.6. The van der Waals surface area contributed by atoms with Gasteiger partial charge in [0.05, 0.1) is 18.3 Å². The molecule has 2 amide bonds. The van der Waals surface area contributed by atoms with E-state index in [-0.39, 0.29) is 18.4 Å². The van der Waals surface area contributed by atoms with Crippen LogP contribution in [0, 0.1) is 0 Å². The molecule has 1 fully saturated rings. The van der Waals surface area contributed by atoms with Crippen LogP contribution in [0.4, 0.5) is 5.69 Å². The van der Waals surface area contributed by atoms with E-state index in [4.69, 9.17) is 4.74 Å². The third-order valence-electron chi connectivity index (χ3n) is 4.53. The number of hydrogen-bond acceptors (Lipinski definition) is 5. The number of piperazine rings is 1. The van der Waals surface area contributed by atoms with Crippen LogP contribution in [0.15, 0.2) is 42.7 Å². The number of carbonyl (C=O) groups is 2. The van der Waals surface area contributed by atoms with Crippen LogP contribution in [0.25, 0.3) is 10.9 Å². The van der Waals surface area contributed by atoms with E-state index in [1.54, 1.807) is 29.4 Å². The highest BCUT2D eigenvalue weighted by Gasteiger charge is 2.30. The van der Waals surface area contributed by atoms with Crippen molar-refractivity contribution in [1.29, 1.82) is 0 Å². The average Bonchev–Trinajstić information content (AvgIpc) is 3.16. The highest BCUT2D eigenvalue weighted by molar-refractivity contribution is 6.03. The third-order valence-corrected chi connectivity index (χ3v) is 4.53. The number of nitrogens with one attached hydrogen (secondary N) is 1. The summed E-state index contributed by atoms with van der Waals surface area (Å²) in [6.45, 7) is 3.14. The maximum absolute atomic E-state index is 12.8. The van der Waals surface area contributed by atoms with Crippen molar-refractivity contribution in [3.63, 3.8) is 0 Å². The number of nitrogens with zero attached hydrogens (tertiary/aromatic N) is 4. The second-order valence-electron chi connectivity index (χ2n) is 6.20. The molecule has 0 atom stereocenters. The summed E-state index contributed by atoms with van der Waals surface area (Å²) in [5.74, 6) is -0.0746. The molecular formula is C19H19N5O3. The number of aromatic nitrogens is 3. The van der Waals surface area contributed by atoms with Crippen LogP contribution in [-0.2, 0) is 4.79 Å². The molecule has 1 aromatic carbocycles. The molecule has 138 valence electrons. The molecule has 4 rings (SSSR count). The van der Waals surface area contributed by atoms with Crippen molar-refractivity contribution in [2.75, 3.05) is 31.1 Å². The van der Waals surface area contributed by atoms with Gasteiger partial charge in [-0.3, -0.25) is 14.7 Å². The SMILES string of the molecule is CCOc1ncccc1C(=O)N1CCN(c2ccc3[nH]ncc3c2)C(=O)C1. The van der Waals surface area contributed by atoms with Gasteiger partial charge in [0, 0.05) is 30.4 Å². The molecule has 0 spiro atoms. The van der Waals surface area contributed by atoms with Gasteiger partial charge in [-0.2, -0.15) is 5.10 Å². The van der Waals surface area contributed by atoms with Crippen molar-refractivity contribution in [3.05, 3.63) is 48.3 Å². The quantitative estimate of drug-likeness (QED) is 0.762. The minimum absolute atomic E-state index is 0.0166. The van der Waals surface area contributed by atoms with Gasteiger partial charge in [-0.05, 0) is 37.3 Å². The Morgan fingerprint density at radius 1 is 1.30 bits per heavy atom. The molecule has 27 heavy (non-hydrogen) atoms. The van der Waals surface area contributed by atoms with E-state index in [2.05, 4.69) is 15.2 Å². The van der Waals surface area contributed by atoms with Crippen molar-refractivity contribution < 1.29 is 14.3 Å². The van der Waals surface area contributed by atoms with Crippen molar-refractivity contribution in [2.45, 2.75) is 6.92 Å². The van der Waals surface area contributed by atoms with Gasteiger partial charge >= 0.3 is 0 Å². The lowest BCUT2D eigenvalue weighted by Crippen LogP contribution is -2.52. The van der Waals surface area contributed by atoms with Gasteiger partial charge in [0.2, 0.25) is 11.8 Å². The Bertz CT molecular complexity index is 1000. The number of fused-ring (bicyclic) bond motifs is 1. The summed E-state index contributed by atoms with van der Waals surface area (Å²) in [5.41, 5.74) is 2.10. The lowest BCUT2D eigenvalue weighted by atomic mass is 10.1. The standard InChI is InChI=1S/C19H19N5O3/c1-2-27-18-15(4-3-7-20-18)19(26)23-8-9-24(17(25)12-23)14-5-6-16-13(10-14)11-21-22-16/h3-7,10-11H,2,8-9,12H2,1H3,(H,21,22). The van der Waals surface area contributed by atoms with Crippen molar-refractivity contribution in [1.82, 2.24) is 20.1 Å². The van der Waals surface area contributed by atoms with Gasteiger partial charge in [-0.1, -0.05) is 0 Å². The largest absolute Gasteiger partial charge is 0.477 e. The molecule has 0 saturated carbocycles. The Labute approximate surface area is 155 Å². The predicted octanol–water partition coefficient (Wildman–Crippen LogP) is 1.85. The fourth-order valence-electron chi connectivity index (χ4n) is 3.19. The molecule has 0 bridgehead atoms. The smallest absolute Gasteiger partial charge is 0.259 e. The van der Waals surface area contributed by atoms with Gasteiger partial charge in [-0.25, -0.2) is 4.98 Å². The lowest BCUT2D eigenvalue weighted by molar-refractivity contribution is -0.120. The van der Waals surface area contributed by atoms with Gasteiger partial charge < -0.3 is 14.5 Å². The molecule has 1 saturated heterocycles. The zero-order valence-corrected chi connectivity index (χ0v) is 14.9. The highest BCUT2D eigenvalue weighted by atomic mass is 16.5. The molecule has 3 aromatic rings. The van der Waals surface area contributed by atoms with Gasteiger partial charge in [0.25, 0.3) is 5.91 Å². The second-order valence-corrected chi connectivity index (χ2v) is 6.20. The summed E-state index contributed by atoms with van der Waals surface area (Å²) in [5, 5.41) is 7.83. The Morgan fingerprint density at radius 3 is 3.00 bits per heavy atom. The van der Waals surface area contributed by atoms with E-state index >= 15 is 0 Å². The summed E-state index contributed by atoms with van der Waals surface area (Å²) in [4.78, 5) is 32.9. The average molecular weight is 365 g/mol. The zero-order valence-electron chi connectivity index (χ0n) is 14.9. The fourth-order valence-corrected chi connectivity index (χ4v) is 3.19. The summed E-state index contributed by atoms with van der Waals surface area (Å²) in [7, 11) is 0. The summed E-state index contributed by atoms with van der Waals surface area (Å²) in [6.07, 6.45) is 3.30. The first-order valence-electron chi connectivity index (χ1n) is 8.78. The number of amides is 2. The Morgan fingerprint density at radius 2 is 2.19 bits per heavy atom. The summed E-state index contributed by atoms with van der Waals surface area (Å²) in [6, 6.07) is 9.05.